The summed E-state index contributed by atoms with van der Waals surface area (Å²) < 4.78 is 5.11. The van der Waals surface area contributed by atoms with Crippen molar-refractivity contribution in [2.75, 3.05) is 6.54 Å². The van der Waals surface area contributed by atoms with E-state index in [2.05, 4.69) is 0 Å². The molecule has 0 aromatic heterocycles. The Hall–Kier alpha value is -1.30. The second kappa shape index (κ2) is 4.91. The van der Waals surface area contributed by atoms with Gasteiger partial charge in [-0.15, -0.1) is 0 Å². The van der Waals surface area contributed by atoms with Gasteiger partial charge in [0.05, 0.1) is 18.1 Å². The van der Waals surface area contributed by atoms with Gasteiger partial charge in [-0.3, -0.25) is 4.90 Å². The van der Waals surface area contributed by atoms with Crippen LogP contribution in [0.25, 0.3) is 0 Å². The molecule has 1 aliphatic rings. The minimum atomic E-state index is -1.37. The van der Waals surface area contributed by atoms with Gasteiger partial charge in [0.2, 0.25) is 0 Å². The van der Waals surface area contributed by atoms with Crippen molar-refractivity contribution >= 4 is 12.1 Å². The van der Waals surface area contributed by atoms with Crippen LogP contribution in [0.1, 0.15) is 33.6 Å². The van der Waals surface area contributed by atoms with E-state index in [1.165, 1.54) is 0 Å². The molecule has 0 aliphatic carbocycles. The summed E-state index contributed by atoms with van der Waals surface area (Å²) in [6, 6.07) is -1.12. The molecule has 1 fully saturated rings. The van der Waals surface area contributed by atoms with Crippen LogP contribution in [0.15, 0.2) is 0 Å². The maximum absolute atomic E-state index is 11.8. The van der Waals surface area contributed by atoms with Gasteiger partial charge in [-0.1, -0.05) is 0 Å². The first-order valence-electron chi connectivity index (χ1n) is 5.59. The zero-order chi connectivity index (χ0) is 13.2. The molecule has 6 heteroatoms. The molecule has 1 amide bonds. The number of nitrogens with zero attached hydrogens (tertiary/aromatic N) is 1. The standard InChI is InChI=1S/C11H19NO5/c1-11(2,3)17-10(16)12-5-4-7(13)6-8(12)9(14)15/h7-8,13H,4-6H2,1-3H3,(H,14,15)/p-1/t7-,8-/m1/s1. The summed E-state index contributed by atoms with van der Waals surface area (Å²) in [6.07, 6.45) is -1.06. The van der Waals surface area contributed by atoms with Gasteiger partial charge in [-0.2, -0.15) is 0 Å². The van der Waals surface area contributed by atoms with E-state index < -0.39 is 29.8 Å². The molecule has 2 atom stereocenters. The molecule has 1 rings (SSSR count). The van der Waals surface area contributed by atoms with Crippen molar-refractivity contribution in [1.82, 2.24) is 4.90 Å². The summed E-state index contributed by atoms with van der Waals surface area (Å²) in [5.41, 5.74) is -0.677. The number of hydrogen-bond donors (Lipinski definition) is 1. The topological polar surface area (TPSA) is 89.9 Å². The van der Waals surface area contributed by atoms with Gasteiger partial charge in [0.25, 0.3) is 0 Å². The Labute approximate surface area is 100 Å². The fraction of sp³-hybridized carbons (Fsp3) is 0.818. The lowest BCUT2D eigenvalue weighted by atomic mass is 10.0. The number of ether oxygens (including phenoxy) is 1. The second-order valence-corrected chi connectivity index (χ2v) is 5.19. The zero-order valence-electron chi connectivity index (χ0n) is 10.3. The number of carbonyl (C=O) groups excluding carboxylic acids is 2. The van der Waals surface area contributed by atoms with E-state index in [0.29, 0.717) is 6.42 Å². The van der Waals surface area contributed by atoms with Crippen LogP contribution in [0.4, 0.5) is 4.79 Å². The molecule has 0 saturated carbocycles. The second-order valence-electron chi connectivity index (χ2n) is 5.19. The number of hydrogen-bond acceptors (Lipinski definition) is 5. The minimum absolute atomic E-state index is 0.0123. The van der Waals surface area contributed by atoms with Crippen molar-refractivity contribution in [3.63, 3.8) is 0 Å². The lowest BCUT2D eigenvalue weighted by Crippen LogP contribution is -2.56. The lowest BCUT2D eigenvalue weighted by Gasteiger charge is -2.38. The van der Waals surface area contributed by atoms with Crippen LogP contribution in [0.5, 0.6) is 0 Å². The number of aliphatic hydroxyl groups is 1. The van der Waals surface area contributed by atoms with Gasteiger partial charge in [0.1, 0.15) is 5.60 Å². The summed E-state index contributed by atoms with van der Waals surface area (Å²) in [5, 5.41) is 20.3. The Morgan fingerprint density at radius 2 is 2.00 bits per heavy atom. The van der Waals surface area contributed by atoms with E-state index in [0.717, 1.165) is 4.90 Å². The van der Waals surface area contributed by atoms with Gasteiger partial charge in [0.15, 0.2) is 0 Å². The Bertz CT molecular complexity index is 309. The first kappa shape index (κ1) is 13.8. The van der Waals surface area contributed by atoms with Crippen LogP contribution in [0.2, 0.25) is 0 Å². The molecule has 1 saturated heterocycles. The third-order valence-electron chi connectivity index (χ3n) is 2.47. The third kappa shape index (κ3) is 3.89. The van der Waals surface area contributed by atoms with Crippen LogP contribution in [-0.2, 0) is 9.53 Å². The molecular weight excluding hydrogens is 226 g/mol. The number of carboxylic acids is 1. The number of amides is 1. The van der Waals surface area contributed by atoms with Crippen LogP contribution in [0, 0.1) is 0 Å². The fourth-order valence-electron chi connectivity index (χ4n) is 1.71. The largest absolute Gasteiger partial charge is 0.548 e. The highest BCUT2D eigenvalue weighted by Crippen LogP contribution is 2.20. The molecule has 0 unspecified atom stereocenters. The van der Waals surface area contributed by atoms with Crippen LogP contribution in [-0.4, -0.2) is 46.4 Å². The van der Waals surface area contributed by atoms with E-state index in [9.17, 15) is 19.8 Å². The van der Waals surface area contributed by atoms with E-state index in [-0.39, 0.29) is 13.0 Å². The summed E-state index contributed by atoms with van der Waals surface area (Å²) >= 11 is 0. The molecule has 1 heterocycles. The molecule has 1 N–H and O–H groups in total. The first-order valence-corrected chi connectivity index (χ1v) is 5.59. The van der Waals surface area contributed by atoms with Gasteiger partial charge in [-0.05, 0) is 33.6 Å². The van der Waals surface area contributed by atoms with Gasteiger partial charge < -0.3 is 19.7 Å². The van der Waals surface area contributed by atoms with Crippen molar-refractivity contribution in [2.24, 2.45) is 0 Å². The number of carboxylic acid groups (broad SMARTS) is 1. The smallest absolute Gasteiger partial charge is 0.410 e. The Balaban J connectivity index is 2.73. The molecule has 17 heavy (non-hydrogen) atoms. The summed E-state index contributed by atoms with van der Waals surface area (Å²) in [4.78, 5) is 23.8. The molecule has 0 spiro atoms. The number of carbonyl (C=O) groups is 2. The molecule has 0 radical (unpaired) electrons. The maximum atomic E-state index is 11.8. The zero-order valence-corrected chi connectivity index (χ0v) is 10.3. The highest BCUT2D eigenvalue weighted by molar-refractivity contribution is 5.79. The Morgan fingerprint density at radius 3 is 2.47 bits per heavy atom. The van der Waals surface area contributed by atoms with Crippen LogP contribution < -0.4 is 5.11 Å². The Morgan fingerprint density at radius 1 is 1.41 bits per heavy atom. The van der Waals surface area contributed by atoms with E-state index in [4.69, 9.17) is 4.74 Å². The van der Waals surface area contributed by atoms with Crippen LogP contribution >= 0.6 is 0 Å². The lowest BCUT2D eigenvalue weighted by molar-refractivity contribution is -0.312. The van der Waals surface area contributed by atoms with E-state index in [1.54, 1.807) is 20.8 Å². The number of likely N-dealkylation sites (tertiary alicyclic amines) is 1. The van der Waals surface area contributed by atoms with Crippen molar-refractivity contribution in [1.29, 1.82) is 0 Å². The van der Waals surface area contributed by atoms with E-state index in [1.807, 2.05) is 0 Å². The molecule has 0 aromatic rings. The van der Waals surface area contributed by atoms with Crippen molar-refractivity contribution in [3.05, 3.63) is 0 Å². The number of aliphatic hydroxyl groups excluding tert-OH is 1. The van der Waals surface area contributed by atoms with Gasteiger partial charge in [0, 0.05) is 6.54 Å². The summed E-state index contributed by atoms with van der Waals surface area (Å²) in [7, 11) is 0. The predicted octanol–water partition coefficient (Wildman–Crippen LogP) is -0.503. The molecule has 0 bridgehead atoms. The summed E-state index contributed by atoms with van der Waals surface area (Å²) in [5.74, 6) is -1.37. The summed E-state index contributed by atoms with van der Waals surface area (Å²) in [6.45, 7) is 5.28. The predicted molar refractivity (Wildman–Crippen MR) is 57.0 cm³/mol. The monoisotopic (exact) mass is 244 g/mol. The van der Waals surface area contributed by atoms with Gasteiger partial charge in [-0.25, -0.2) is 4.79 Å². The first-order chi connectivity index (χ1) is 7.70. The molecule has 6 nitrogen and oxygen atoms in total. The number of piperidine rings is 1. The minimum Gasteiger partial charge on any atom is -0.548 e. The Kier molecular flexibility index (Phi) is 3.98. The normalized spacial score (nSPS) is 25.5. The van der Waals surface area contributed by atoms with Crippen LogP contribution in [0.3, 0.4) is 0 Å². The van der Waals surface area contributed by atoms with Crippen molar-refractivity contribution in [3.8, 4) is 0 Å². The maximum Gasteiger partial charge on any atom is 0.410 e. The molecule has 1 aliphatic heterocycles. The molecule has 98 valence electrons. The number of rotatable bonds is 1. The molecular formula is C11H18NO5-. The quantitative estimate of drug-likeness (QED) is 0.671. The average molecular weight is 244 g/mol. The highest BCUT2D eigenvalue weighted by Gasteiger charge is 2.34. The molecule has 0 aromatic carbocycles. The third-order valence-corrected chi connectivity index (χ3v) is 2.47. The number of aliphatic carboxylic acids is 1. The van der Waals surface area contributed by atoms with E-state index >= 15 is 0 Å². The average Bonchev–Trinajstić information content (AvgIpc) is 2.14. The van der Waals surface area contributed by atoms with Gasteiger partial charge >= 0.3 is 6.09 Å². The highest BCUT2D eigenvalue weighted by atomic mass is 16.6. The van der Waals surface area contributed by atoms with Crippen molar-refractivity contribution < 1.29 is 24.5 Å². The SMILES string of the molecule is CC(C)(C)OC(=O)N1CC[C@@H](O)C[C@@H]1C(=O)[O-]. The fourth-order valence-corrected chi connectivity index (χ4v) is 1.71. The van der Waals surface area contributed by atoms with Crippen molar-refractivity contribution in [2.45, 2.75) is 51.4 Å².